The molecule has 0 radical (unpaired) electrons. The minimum atomic E-state index is 0.257. The number of allylic oxidation sites excluding steroid dienone is 1. The van der Waals surface area contributed by atoms with Crippen molar-refractivity contribution in [3.05, 3.63) is 42.3 Å². The minimum absolute atomic E-state index is 0.257. The molecule has 4 heteroatoms. The van der Waals surface area contributed by atoms with Gasteiger partial charge in [-0.1, -0.05) is 35.5 Å². The zero-order valence-electron chi connectivity index (χ0n) is 9.10. The van der Waals surface area contributed by atoms with Crippen LogP contribution in [0.25, 0.3) is 17.0 Å². The molecule has 0 saturated heterocycles. The fraction of sp³-hybridized carbons (Fsp3) is 0.167. The Kier molecular flexibility index (Phi) is 2.83. The van der Waals surface area contributed by atoms with E-state index in [1.54, 1.807) is 0 Å². The maximum Gasteiger partial charge on any atom is 0.240 e. The first-order chi connectivity index (χ1) is 7.70. The lowest BCUT2D eigenvalue weighted by molar-refractivity contribution is 0.380. The van der Waals surface area contributed by atoms with E-state index >= 15 is 0 Å². The molecule has 1 aromatic carbocycles. The first-order valence-corrected chi connectivity index (χ1v) is 4.99. The third-order valence-corrected chi connectivity index (χ3v) is 2.26. The van der Waals surface area contributed by atoms with E-state index in [2.05, 4.69) is 16.7 Å². The lowest BCUT2D eigenvalue weighted by atomic mass is 10.1. The van der Waals surface area contributed by atoms with E-state index in [0.717, 1.165) is 16.7 Å². The van der Waals surface area contributed by atoms with Gasteiger partial charge in [0.2, 0.25) is 11.7 Å². The van der Waals surface area contributed by atoms with Crippen molar-refractivity contribution < 1.29 is 4.52 Å². The zero-order chi connectivity index (χ0) is 11.5. The van der Waals surface area contributed by atoms with Crippen molar-refractivity contribution in [3.63, 3.8) is 0 Å². The number of nitrogens with zero attached hydrogens (tertiary/aromatic N) is 2. The predicted molar refractivity (Wildman–Crippen MR) is 62.3 cm³/mol. The average molecular weight is 215 g/mol. The van der Waals surface area contributed by atoms with E-state index in [9.17, 15) is 0 Å². The molecule has 0 unspecified atom stereocenters. The largest absolute Gasteiger partial charge is 0.338 e. The Hall–Kier alpha value is -1.94. The molecule has 1 aromatic heterocycles. The van der Waals surface area contributed by atoms with E-state index < -0.39 is 0 Å². The molecule has 4 nitrogen and oxygen atoms in total. The molecule has 16 heavy (non-hydrogen) atoms. The van der Waals surface area contributed by atoms with Gasteiger partial charge in [-0.05, 0) is 18.6 Å². The molecule has 0 bridgehead atoms. The Morgan fingerprint density at radius 1 is 1.50 bits per heavy atom. The van der Waals surface area contributed by atoms with Crippen molar-refractivity contribution >= 4 is 5.57 Å². The van der Waals surface area contributed by atoms with Crippen molar-refractivity contribution in [2.45, 2.75) is 13.5 Å². The van der Waals surface area contributed by atoms with Crippen molar-refractivity contribution in [2.24, 2.45) is 5.73 Å². The molecule has 0 aliphatic carbocycles. The lowest BCUT2D eigenvalue weighted by Crippen LogP contribution is -1.95. The number of aromatic nitrogens is 2. The second-order valence-corrected chi connectivity index (χ2v) is 3.58. The Labute approximate surface area is 93.8 Å². The topological polar surface area (TPSA) is 64.9 Å². The molecule has 0 amide bonds. The molecule has 0 aliphatic heterocycles. The normalized spacial score (nSPS) is 10.4. The number of benzene rings is 1. The van der Waals surface area contributed by atoms with Gasteiger partial charge < -0.3 is 10.3 Å². The highest BCUT2D eigenvalue weighted by Gasteiger charge is 2.07. The summed E-state index contributed by atoms with van der Waals surface area (Å²) in [6, 6.07) is 7.85. The van der Waals surface area contributed by atoms with Crippen LogP contribution in [0.5, 0.6) is 0 Å². The molecule has 0 atom stereocenters. The molecule has 2 aromatic rings. The van der Waals surface area contributed by atoms with Crippen LogP contribution in [0.3, 0.4) is 0 Å². The van der Waals surface area contributed by atoms with E-state index in [-0.39, 0.29) is 6.54 Å². The fourth-order valence-corrected chi connectivity index (χ4v) is 1.38. The predicted octanol–water partition coefficient (Wildman–Crippen LogP) is 2.23. The molecular formula is C12H13N3O. The van der Waals surface area contributed by atoms with E-state index in [0.29, 0.717) is 11.7 Å². The third-order valence-electron chi connectivity index (χ3n) is 2.26. The summed E-state index contributed by atoms with van der Waals surface area (Å²) in [5.41, 5.74) is 8.39. The number of hydrogen-bond donors (Lipinski definition) is 1. The average Bonchev–Trinajstić information content (AvgIpc) is 2.77. The maximum absolute atomic E-state index is 5.41. The summed E-state index contributed by atoms with van der Waals surface area (Å²) in [6.45, 7) is 6.11. The van der Waals surface area contributed by atoms with Crippen LogP contribution in [0.15, 0.2) is 35.4 Å². The van der Waals surface area contributed by atoms with Crippen LogP contribution in [0, 0.1) is 0 Å². The molecule has 2 rings (SSSR count). The molecule has 0 spiro atoms. The van der Waals surface area contributed by atoms with Gasteiger partial charge in [-0.25, -0.2) is 0 Å². The minimum Gasteiger partial charge on any atom is -0.338 e. The molecule has 1 heterocycles. The zero-order valence-corrected chi connectivity index (χ0v) is 9.10. The second kappa shape index (κ2) is 4.28. The fourth-order valence-electron chi connectivity index (χ4n) is 1.38. The number of rotatable bonds is 3. The Balaban J connectivity index is 2.40. The summed E-state index contributed by atoms with van der Waals surface area (Å²) < 4.78 is 4.96. The molecule has 0 aliphatic rings. The maximum atomic E-state index is 5.41. The standard InChI is InChI=1S/C12H13N3O/c1-8(2)9-4-3-5-10(6-9)12-14-11(7-13)16-15-12/h3-6H,1,7,13H2,2H3. The Morgan fingerprint density at radius 2 is 2.31 bits per heavy atom. The van der Waals surface area contributed by atoms with Gasteiger partial charge >= 0.3 is 0 Å². The van der Waals surface area contributed by atoms with Gasteiger partial charge in [-0.15, -0.1) is 0 Å². The van der Waals surface area contributed by atoms with E-state index in [1.165, 1.54) is 0 Å². The first-order valence-electron chi connectivity index (χ1n) is 4.99. The molecule has 0 saturated carbocycles. The quantitative estimate of drug-likeness (QED) is 0.852. The summed E-state index contributed by atoms with van der Waals surface area (Å²) in [7, 11) is 0. The summed E-state index contributed by atoms with van der Waals surface area (Å²) in [5.74, 6) is 0.999. The highest BCUT2D eigenvalue weighted by molar-refractivity contribution is 5.67. The van der Waals surface area contributed by atoms with Gasteiger partial charge in [0, 0.05) is 5.56 Å². The van der Waals surface area contributed by atoms with Gasteiger partial charge in [0.25, 0.3) is 0 Å². The molecule has 82 valence electrons. The number of nitrogens with two attached hydrogens (primary N) is 1. The van der Waals surface area contributed by atoms with Gasteiger partial charge in [-0.3, -0.25) is 0 Å². The van der Waals surface area contributed by atoms with Crippen LogP contribution in [0.2, 0.25) is 0 Å². The first kappa shape index (κ1) is 10.6. The highest BCUT2D eigenvalue weighted by Crippen LogP contribution is 2.20. The Morgan fingerprint density at radius 3 is 2.94 bits per heavy atom. The van der Waals surface area contributed by atoms with Crippen molar-refractivity contribution in [1.29, 1.82) is 0 Å². The van der Waals surface area contributed by atoms with Crippen LogP contribution in [-0.4, -0.2) is 10.1 Å². The van der Waals surface area contributed by atoms with Gasteiger partial charge in [0.1, 0.15) is 0 Å². The summed E-state index contributed by atoms with van der Waals surface area (Å²) in [6.07, 6.45) is 0. The van der Waals surface area contributed by atoms with Gasteiger partial charge in [0.05, 0.1) is 6.54 Å². The van der Waals surface area contributed by atoms with Crippen LogP contribution in [0.4, 0.5) is 0 Å². The smallest absolute Gasteiger partial charge is 0.240 e. The summed E-state index contributed by atoms with van der Waals surface area (Å²) >= 11 is 0. The Bertz CT molecular complexity index is 516. The summed E-state index contributed by atoms with van der Waals surface area (Å²) in [4.78, 5) is 4.17. The van der Waals surface area contributed by atoms with Crippen molar-refractivity contribution in [1.82, 2.24) is 10.1 Å². The van der Waals surface area contributed by atoms with Gasteiger partial charge in [0.15, 0.2) is 0 Å². The van der Waals surface area contributed by atoms with Crippen LogP contribution in [-0.2, 0) is 6.54 Å². The highest BCUT2D eigenvalue weighted by atomic mass is 16.5. The summed E-state index contributed by atoms with van der Waals surface area (Å²) in [5, 5.41) is 3.86. The molecular weight excluding hydrogens is 202 g/mol. The van der Waals surface area contributed by atoms with Crippen LogP contribution >= 0.6 is 0 Å². The number of hydrogen-bond acceptors (Lipinski definition) is 4. The van der Waals surface area contributed by atoms with Crippen LogP contribution < -0.4 is 5.73 Å². The van der Waals surface area contributed by atoms with Crippen LogP contribution in [0.1, 0.15) is 18.4 Å². The van der Waals surface area contributed by atoms with Crippen molar-refractivity contribution in [2.75, 3.05) is 0 Å². The lowest BCUT2D eigenvalue weighted by Gasteiger charge is -2.00. The van der Waals surface area contributed by atoms with Crippen molar-refractivity contribution in [3.8, 4) is 11.4 Å². The second-order valence-electron chi connectivity index (χ2n) is 3.58. The molecule has 0 fully saturated rings. The van der Waals surface area contributed by atoms with Gasteiger partial charge in [-0.2, -0.15) is 4.98 Å². The monoisotopic (exact) mass is 215 g/mol. The third kappa shape index (κ3) is 2.01. The van der Waals surface area contributed by atoms with E-state index in [4.69, 9.17) is 10.3 Å². The molecule has 2 N–H and O–H groups in total. The SMILES string of the molecule is C=C(C)c1cccc(-c2noc(CN)n2)c1. The van der Waals surface area contributed by atoms with E-state index in [1.807, 2.05) is 31.2 Å².